The summed E-state index contributed by atoms with van der Waals surface area (Å²) in [5, 5.41) is 0. The summed E-state index contributed by atoms with van der Waals surface area (Å²) in [6.07, 6.45) is 0. The average molecular weight is 372 g/mol. The largest absolute Gasteiger partial charge is 0.493 e. The van der Waals surface area contributed by atoms with E-state index in [0.717, 1.165) is 26.0 Å². The molecule has 18 heavy (non-hydrogen) atoms. The molecular formula is C14H12Br2O2. The zero-order valence-corrected chi connectivity index (χ0v) is 13.0. The molecule has 0 aliphatic carbocycles. The number of methoxy groups -OCH3 is 1. The van der Waals surface area contributed by atoms with E-state index in [9.17, 15) is 0 Å². The first-order valence-corrected chi connectivity index (χ1v) is 6.99. The highest BCUT2D eigenvalue weighted by Gasteiger charge is 2.09. The number of halogens is 2. The lowest BCUT2D eigenvalue weighted by atomic mass is 10.2. The van der Waals surface area contributed by atoms with Gasteiger partial charge >= 0.3 is 0 Å². The second-order valence-corrected chi connectivity index (χ2v) is 5.36. The first-order valence-electron chi connectivity index (χ1n) is 5.41. The van der Waals surface area contributed by atoms with E-state index in [1.807, 2.05) is 42.5 Å². The van der Waals surface area contributed by atoms with E-state index in [-0.39, 0.29) is 0 Å². The van der Waals surface area contributed by atoms with Gasteiger partial charge in [0.1, 0.15) is 6.61 Å². The summed E-state index contributed by atoms with van der Waals surface area (Å²) in [6.45, 7) is 0.487. The van der Waals surface area contributed by atoms with Gasteiger partial charge in [0, 0.05) is 10.0 Å². The van der Waals surface area contributed by atoms with Crippen LogP contribution in [0.15, 0.2) is 51.4 Å². The van der Waals surface area contributed by atoms with Gasteiger partial charge in [-0.15, -0.1) is 0 Å². The molecule has 0 fully saturated rings. The van der Waals surface area contributed by atoms with Gasteiger partial charge in [-0.05, 0) is 34.1 Å². The van der Waals surface area contributed by atoms with Crippen molar-refractivity contribution in [2.45, 2.75) is 6.61 Å². The van der Waals surface area contributed by atoms with Crippen molar-refractivity contribution < 1.29 is 9.47 Å². The Labute approximate surface area is 123 Å². The topological polar surface area (TPSA) is 18.5 Å². The summed E-state index contributed by atoms with van der Waals surface area (Å²) in [5.41, 5.74) is 1.09. The Balaban J connectivity index is 2.18. The summed E-state index contributed by atoms with van der Waals surface area (Å²) >= 11 is 6.96. The highest BCUT2D eigenvalue weighted by atomic mass is 79.9. The van der Waals surface area contributed by atoms with Gasteiger partial charge in [-0.3, -0.25) is 0 Å². The van der Waals surface area contributed by atoms with E-state index >= 15 is 0 Å². The number of para-hydroxylation sites is 1. The first-order chi connectivity index (χ1) is 8.72. The second kappa shape index (κ2) is 6.25. The van der Waals surface area contributed by atoms with Gasteiger partial charge < -0.3 is 9.47 Å². The van der Waals surface area contributed by atoms with Crippen LogP contribution in [-0.4, -0.2) is 7.11 Å². The predicted octanol–water partition coefficient (Wildman–Crippen LogP) is 4.80. The summed E-state index contributed by atoms with van der Waals surface area (Å²) in [7, 11) is 1.63. The number of rotatable bonds is 4. The minimum absolute atomic E-state index is 0.487. The van der Waals surface area contributed by atoms with Crippen molar-refractivity contribution in [2.24, 2.45) is 0 Å². The lowest BCUT2D eigenvalue weighted by molar-refractivity contribution is 0.282. The van der Waals surface area contributed by atoms with Crippen LogP contribution >= 0.6 is 31.9 Å². The third-order valence-corrected chi connectivity index (χ3v) is 3.88. The first kappa shape index (κ1) is 13.4. The van der Waals surface area contributed by atoms with Gasteiger partial charge in [-0.25, -0.2) is 0 Å². The Morgan fingerprint density at radius 2 is 1.67 bits per heavy atom. The highest BCUT2D eigenvalue weighted by molar-refractivity contribution is 9.10. The molecule has 0 atom stereocenters. The SMILES string of the molecule is COc1cccc(Br)c1OCc1ccccc1Br. The normalized spacial score (nSPS) is 10.2. The fourth-order valence-corrected chi connectivity index (χ4v) is 2.42. The van der Waals surface area contributed by atoms with Crippen LogP contribution in [0.2, 0.25) is 0 Å². The molecule has 0 bridgehead atoms. The van der Waals surface area contributed by atoms with Gasteiger partial charge in [0.2, 0.25) is 0 Å². The summed E-state index contributed by atoms with van der Waals surface area (Å²) in [6, 6.07) is 13.7. The van der Waals surface area contributed by atoms with Crippen LogP contribution in [0.1, 0.15) is 5.56 Å². The van der Waals surface area contributed by atoms with E-state index in [1.165, 1.54) is 0 Å². The molecule has 4 heteroatoms. The van der Waals surface area contributed by atoms with Crippen LogP contribution in [0.4, 0.5) is 0 Å². The predicted molar refractivity (Wildman–Crippen MR) is 79.2 cm³/mol. The molecular weight excluding hydrogens is 360 g/mol. The van der Waals surface area contributed by atoms with Crippen LogP contribution < -0.4 is 9.47 Å². The van der Waals surface area contributed by atoms with Gasteiger partial charge in [0.05, 0.1) is 11.6 Å². The van der Waals surface area contributed by atoms with Crippen molar-refractivity contribution >= 4 is 31.9 Å². The van der Waals surface area contributed by atoms with Crippen LogP contribution in [0, 0.1) is 0 Å². The van der Waals surface area contributed by atoms with Crippen molar-refractivity contribution in [3.63, 3.8) is 0 Å². The second-order valence-electron chi connectivity index (χ2n) is 3.65. The maximum atomic E-state index is 5.82. The molecule has 0 radical (unpaired) electrons. The van der Waals surface area contributed by atoms with Gasteiger partial charge in [-0.1, -0.05) is 40.2 Å². The van der Waals surface area contributed by atoms with E-state index in [4.69, 9.17) is 9.47 Å². The van der Waals surface area contributed by atoms with Gasteiger partial charge in [0.25, 0.3) is 0 Å². The highest BCUT2D eigenvalue weighted by Crippen LogP contribution is 2.35. The molecule has 0 aromatic heterocycles. The minimum Gasteiger partial charge on any atom is -0.493 e. The molecule has 0 aliphatic heterocycles. The summed E-state index contributed by atoms with van der Waals surface area (Å²) in [4.78, 5) is 0. The van der Waals surface area contributed by atoms with E-state index in [1.54, 1.807) is 7.11 Å². The number of hydrogen-bond acceptors (Lipinski definition) is 2. The lowest BCUT2D eigenvalue weighted by Gasteiger charge is -2.12. The Bertz CT molecular complexity index is 541. The molecule has 0 saturated heterocycles. The third kappa shape index (κ3) is 3.06. The molecule has 0 heterocycles. The standard InChI is InChI=1S/C14H12Br2O2/c1-17-13-8-4-7-12(16)14(13)18-9-10-5-2-3-6-11(10)15/h2-8H,9H2,1H3. The molecule has 0 aliphatic rings. The number of benzene rings is 2. The molecule has 0 amide bonds. The van der Waals surface area contributed by atoms with E-state index in [0.29, 0.717) is 6.61 Å². The zero-order valence-electron chi connectivity index (χ0n) is 9.82. The average Bonchev–Trinajstić information content (AvgIpc) is 2.39. The summed E-state index contributed by atoms with van der Waals surface area (Å²) < 4.78 is 13.0. The molecule has 94 valence electrons. The molecule has 0 N–H and O–H groups in total. The van der Waals surface area contributed by atoms with Crippen molar-refractivity contribution in [2.75, 3.05) is 7.11 Å². The smallest absolute Gasteiger partial charge is 0.175 e. The Hall–Kier alpha value is -1.00. The third-order valence-electron chi connectivity index (χ3n) is 2.48. The fourth-order valence-electron chi connectivity index (χ4n) is 1.56. The Kier molecular flexibility index (Phi) is 4.66. The molecule has 2 rings (SSSR count). The van der Waals surface area contributed by atoms with Gasteiger partial charge in [0.15, 0.2) is 11.5 Å². The van der Waals surface area contributed by atoms with Crippen molar-refractivity contribution in [1.29, 1.82) is 0 Å². The quantitative estimate of drug-likeness (QED) is 0.768. The van der Waals surface area contributed by atoms with Crippen LogP contribution in [0.25, 0.3) is 0 Å². The maximum Gasteiger partial charge on any atom is 0.175 e. The number of ether oxygens (including phenoxy) is 2. The number of hydrogen-bond donors (Lipinski definition) is 0. The van der Waals surface area contributed by atoms with E-state index < -0.39 is 0 Å². The molecule has 0 unspecified atom stereocenters. The maximum absolute atomic E-state index is 5.82. The molecule has 2 nitrogen and oxygen atoms in total. The van der Waals surface area contributed by atoms with Gasteiger partial charge in [-0.2, -0.15) is 0 Å². The van der Waals surface area contributed by atoms with Crippen molar-refractivity contribution in [1.82, 2.24) is 0 Å². The Morgan fingerprint density at radius 1 is 0.944 bits per heavy atom. The molecule has 2 aromatic rings. The Morgan fingerprint density at radius 3 is 2.39 bits per heavy atom. The summed E-state index contributed by atoms with van der Waals surface area (Å²) in [5.74, 6) is 1.44. The van der Waals surface area contributed by atoms with Crippen molar-refractivity contribution in [3.05, 3.63) is 57.0 Å². The molecule has 0 saturated carbocycles. The molecule has 2 aromatic carbocycles. The lowest BCUT2D eigenvalue weighted by Crippen LogP contribution is -1.99. The minimum atomic E-state index is 0.487. The van der Waals surface area contributed by atoms with Crippen LogP contribution in [0.5, 0.6) is 11.5 Å². The fraction of sp³-hybridized carbons (Fsp3) is 0.143. The monoisotopic (exact) mass is 370 g/mol. The molecule has 0 spiro atoms. The van der Waals surface area contributed by atoms with Crippen LogP contribution in [-0.2, 0) is 6.61 Å². The van der Waals surface area contributed by atoms with Crippen LogP contribution in [0.3, 0.4) is 0 Å². The van der Waals surface area contributed by atoms with Crippen molar-refractivity contribution in [3.8, 4) is 11.5 Å². The van der Waals surface area contributed by atoms with E-state index in [2.05, 4.69) is 31.9 Å². The zero-order chi connectivity index (χ0) is 13.0.